The Morgan fingerprint density at radius 2 is 2.07 bits per heavy atom. The van der Waals surface area contributed by atoms with Crippen molar-refractivity contribution in [3.8, 4) is 0 Å². The third-order valence-corrected chi connectivity index (χ3v) is 5.87. The lowest BCUT2D eigenvalue weighted by atomic mass is 9.79. The first-order chi connectivity index (χ1) is 13.9. The average Bonchev–Trinajstić information content (AvgIpc) is 3.31. The van der Waals surface area contributed by atoms with Crippen molar-refractivity contribution in [2.45, 2.75) is 25.3 Å². The van der Waals surface area contributed by atoms with E-state index in [2.05, 4.69) is 34.5 Å². The molecule has 1 aromatic carbocycles. The third-order valence-electron chi connectivity index (χ3n) is 5.87. The number of hydrogen-bond donors (Lipinski definition) is 1. The maximum atomic E-state index is 13.2. The number of morpholine rings is 1. The lowest BCUT2D eigenvalue weighted by Crippen LogP contribution is -2.44. The van der Waals surface area contributed by atoms with Crippen LogP contribution in [0.15, 0.2) is 34.9 Å². The molecule has 29 heavy (non-hydrogen) atoms. The number of anilines is 1. The van der Waals surface area contributed by atoms with Crippen molar-refractivity contribution in [2.75, 3.05) is 32.0 Å². The molecular formula is C21H23N5O3. The minimum absolute atomic E-state index is 0.00565. The Balaban J connectivity index is 1.54. The predicted octanol–water partition coefficient (Wildman–Crippen LogP) is 2.62. The van der Waals surface area contributed by atoms with Gasteiger partial charge in [-0.05, 0) is 37.6 Å². The maximum Gasteiger partial charge on any atom is 0.292 e. The van der Waals surface area contributed by atoms with Crippen molar-refractivity contribution in [2.24, 2.45) is 0 Å². The first kappa shape index (κ1) is 17.9. The van der Waals surface area contributed by atoms with Crippen LogP contribution in [0, 0.1) is 0 Å². The molecule has 0 saturated carbocycles. The summed E-state index contributed by atoms with van der Waals surface area (Å²) in [5.41, 5.74) is 8.36. The molecule has 8 heteroatoms. The van der Waals surface area contributed by atoms with Crippen molar-refractivity contribution in [3.05, 3.63) is 47.6 Å². The Morgan fingerprint density at radius 1 is 1.28 bits per heavy atom. The molecule has 2 aromatic heterocycles. The van der Waals surface area contributed by atoms with Gasteiger partial charge < -0.3 is 24.4 Å². The fourth-order valence-corrected chi connectivity index (χ4v) is 4.40. The second kappa shape index (κ2) is 6.45. The molecule has 2 N–H and O–H groups in total. The summed E-state index contributed by atoms with van der Waals surface area (Å²) in [5.74, 6) is 0.811. The number of ether oxygens (including phenoxy) is 1. The smallest absolute Gasteiger partial charge is 0.292 e. The lowest BCUT2D eigenvalue weighted by molar-refractivity contribution is 0.0291. The van der Waals surface area contributed by atoms with Gasteiger partial charge in [-0.1, -0.05) is 12.1 Å². The van der Waals surface area contributed by atoms with Gasteiger partial charge in [0, 0.05) is 19.0 Å². The molecule has 0 radical (unpaired) electrons. The summed E-state index contributed by atoms with van der Waals surface area (Å²) in [7, 11) is 0. The molecule has 1 atom stereocenters. The van der Waals surface area contributed by atoms with Gasteiger partial charge in [0.05, 0.1) is 24.9 Å². The van der Waals surface area contributed by atoms with E-state index in [0.29, 0.717) is 37.6 Å². The van der Waals surface area contributed by atoms with Gasteiger partial charge in [-0.25, -0.2) is 4.98 Å². The van der Waals surface area contributed by atoms with Crippen LogP contribution >= 0.6 is 0 Å². The second-order valence-electron chi connectivity index (χ2n) is 8.01. The molecule has 2 aliphatic rings. The number of nitrogen functional groups attached to an aromatic ring is 1. The van der Waals surface area contributed by atoms with Gasteiger partial charge >= 0.3 is 0 Å². The number of aromatic nitrogens is 3. The van der Waals surface area contributed by atoms with Crippen LogP contribution in [0.25, 0.3) is 17.2 Å². The van der Waals surface area contributed by atoms with Gasteiger partial charge in [0.2, 0.25) is 0 Å². The predicted molar refractivity (Wildman–Crippen MR) is 108 cm³/mol. The number of imidazole rings is 1. The zero-order valence-electron chi connectivity index (χ0n) is 16.5. The molecule has 1 fully saturated rings. The Morgan fingerprint density at radius 3 is 2.86 bits per heavy atom. The first-order valence-electron chi connectivity index (χ1n) is 9.74. The molecule has 5 rings (SSSR count). The van der Waals surface area contributed by atoms with Crippen LogP contribution in [0.5, 0.6) is 0 Å². The number of nitrogens with two attached hydrogens (primary N) is 1. The van der Waals surface area contributed by atoms with Crippen LogP contribution in [0.2, 0.25) is 0 Å². The van der Waals surface area contributed by atoms with E-state index in [1.807, 2.05) is 29.2 Å². The van der Waals surface area contributed by atoms with Gasteiger partial charge in [-0.2, -0.15) is 4.98 Å². The van der Waals surface area contributed by atoms with E-state index in [9.17, 15) is 4.79 Å². The Labute approximate surface area is 168 Å². The number of hydrogen-bond acceptors (Lipinski definition) is 6. The van der Waals surface area contributed by atoms with Gasteiger partial charge in [0.25, 0.3) is 11.9 Å². The van der Waals surface area contributed by atoms with Crippen LogP contribution in [0.3, 0.4) is 0 Å². The van der Waals surface area contributed by atoms with Crippen molar-refractivity contribution < 1.29 is 13.9 Å². The van der Waals surface area contributed by atoms with Crippen LogP contribution in [0.1, 0.15) is 41.6 Å². The van der Waals surface area contributed by atoms with E-state index in [-0.39, 0.29) is 17.8 Å². The van der Waals surface area contributed by atoms with Gasteiger partial charge in [0.15, 0.2) is 5.58 Å². The zero-order valence-corrected chi connectivity index (χ0v) is 16.5. The van der Waals surface area contributed by atoms with E-state index in [1.165, 1.54) is 0 Å². The fraction of sp³-hybridized carbons (Fsp3) is 0.381. The van der Waals surface area contributed by atoms with E-state index in [1.54, 1.807) is 6.20 Å². The molecule has 1 saturated heterocycles. The van der Waals surface area contributed by atoms with Gasteiger partial charge in [-0.15, -0.1) is 0 Å². The molecule has 4 heterocycles. The number of nitrogens with zero attached hydrogens (tertiary/aromatic N) is 4. The molecule has 0 spiro atoms. The number of benzene rings is 1. The molecule has 0 aliphatic carbocycles. The number of fused-ring (bicyclic) bond motifs is 2. The van der Waals surface area contributed by atoms with Gasteiger partial charge in [-0.3, -0.25) is 4.79 Å². The Bertz CT molecular complexity index is 1120. The highest BCUT2D eigenvalue weighted by atomic mass is 16.5. The minimum Gasteiger partial charge on any atom is -0.424 e. The first-order valence-corrected chi connectivity index (χ1v) is 9.74. The molecule has 1 amide bonds. The monoisotopic (exact) mass is 393 g/mol. The van der Waals surface area contributed by atoms with Crippen molar-refractivity contribution in [1.29, 1.82) is 0 Å². The Hall–Kier alpha value is -3.13. The summed E-state index contributed by atoms with van der Waals surface area (Å²) in [5, 5.41) is 0. The van der Waals surface area contributed by atoms with E-state index in [0.717, 1.165) is 16.9 Å². The number of oxazole rings is 1. The largest absolute Gasteiger partial charge is 0.424 e. The summed E-state index contributed by atoms with van der Waals surface area (Å²) in [6.45, 7) is 6.60. The second-order valence-corrected chi connectivity index (χ2v) is 8.01. The van der Waals surface area contributed by atoms with Crippen LogP contribution < -0.4 is 5.73 Å². The lowest BCUT2D eigenvalue weighted by Gasteiger charge is -2.39. The Kier molecular flexibility index (Phi) is 3.99. The normalized spacial score (nSPS) is 20.8. The molecule has 150 valence electrons. The molecule has 1 unspecified atom stereocenters. The average molecular weight is 393 g/mol. The summed E-state index contributed by atoms with van der Waals surface area (Å²) in [6, 6.07) is 6.07. The van der Waals surface area contributed by atoms with E-state index >= 15 is 0 Å². The third kappa shape index (κ3) is 2.82. The van der Waals surface area contributed by atoms with Crippen molar-refractivity contribution >= 4 is 29.1 Å². The topological polar surface area (TPSA) is 99.4 Å². The van der Waals surface area contributed by atoms with Crippen molar-refractivity contribution in [1.82, 2.24) is 19.4 Å². The highest BCUT2D eigenvalue weighted by Gasteiger charge is 2.39. The minimum atomic E-state index is -0.402. The zero-order chi connectivity index (χ0) is 20.2. The summed E-state index contributed by atoms with van der Waals surface area (Å²) >= 11 is 0. The van der Waals surface area contributed by atoms with Crippen LogP contribution in [-0.4, -0.2) is 51.6 Å². The molecule has 2 aliphatic heterocycles. The highest BCUT2D eigenvalue weighted by Crippen LogP contribution is 2.42. The number of rotatable bonds is 2. The number of amides is 1. The van der Waals surface area contributed by atoms with Crippen LogP contribution in [0.4, 0.5) is 6.01 Å². The summed E-state index contributed by atoms with van der Waals surface area (Å²) in [4.78, 5) is 23.8. The van der Waals surface area contributed by atoms with E-state index < -0.39 is 5.54 Å². The van der Waals surface area contributed by atoms with E-state index in [4.69, 9.17) is 14.9 Å². The summed E-state index contributed by atoms with van der Waals surface area (Å²) < 4.78 is 12.8. The molecule has 3 aromatic rings. The molecular weight excluding hydrogens is 370 g/mol. The number of carbonyl (C=O) groups excluding carboxylic acids is 1. The van der Waals surface area contributed by atoms with Crippen LogP contribution in [-0.2, 0) is 10.3 Å². The quantitative estimate of drug-likeness (QED) is 0.718. The highest BCUT2D eigenvalue weighted by molar-refractivity contribution is 5.93. The SMILES string of the molecule is CC1(C)C(c2ccc3oc(N)nc3c2)C=Cc2ncc(C(=O)N3CCOCC3)n21. The maximum absolute atomic E-state index is 13.2. The fourth-order valence-electron chi connectivity index (χ4n) is 4.40. The molecule has 0 bridgehead atoms. The summed E-state index contributed by atoms with van der Waals surface area (Å²) in [6.07, 6.45) is 5.80. The standard InChI is InChI=1S/C21H23N5O3/c1-21(2)14(13-3-5-17-15(11-13)24-20(22)29-17)4-6-18-23-12-16(26(18)21)19(27)25-7-9-28-10-8-25/h3-6,11-12,14H,7-10H2,1-2H3,(H2,22,24). The number of allylic oxidation sites excluding steroid dienone is 1. The number of carbonyl (C=O) groups is 1. The molecule has 8 nitrogen and oxygen atoms in total. The van der Waals surface area contributed by atoms with Gasteiger partial charge in [0.1, 0.15) is 17.0 Å². The van der Waals surface area contributed by atoms with Crippen molar-refractivity contribution in [3.63, 3.8) is 0 Å².